The van der Waals surface area contributed by atoms with E-state index in [1.54, 1.807) is 4.68 Å². The lowest BCUT2D eigenvalue weighted by Crippen LogP contribution is -2.30. The second kappa shape index (κ2) is 8.22. The predicted molar refractivity (Wildman–Crippen MR) is 105 cm³/mol. The smallest absolute Gasteiger partial charge is 0.341 e. The first-order valence-corrected chi connectivity index (χ1v) is 9.91. The normalized spacial score (nSPS) is 13.5. The number of hydrogen-bond acceptors (Lipinski definition) is 6. The van der Waals surface area contributed by atoms with Gasteiger partial charge in [0.15, 0.2) is 0 Å². The number of methoxy groups -OCH3 is 1. The van der Waals surface area contributed by atoms with Gasteiger partial charge in [-0.25, -0.2) is 4.79 Å². The van der Waals surface area contributed by atoms with Gasteiger partial charge in [-0.05, 0) is 45.2 Å². The molecule has 1 N–H and O–H groups in total. The number of carbonyl (C=O) groups is 2. The maximum atomic E-state index is 12.6. The van der Waals surface area contributed by atoms with Gasteiger partial charge >= 0.3 is 5.97 Å². The van der Waals surface area contributed by atoms with Crippen molar-refractivity contribution >= 4 is 28.2 Å². The van der Waals surface area contributed by atoms with E-state index in [9.17, 15) is 9.59 Å². The molecule has 1 aliphatic rings. The van der Waals surface area contributed by atoms with Crippen LogP contribution >= 0.6 is 11.3 Å². The van der Waals surface area contributed by atoms with Gasteiger partial charge in [-0.1, -0.05) is 0 Å². The molecule has 0 aliphatic heterocycles. The molecule has 27 heavy (non-hydrogen) atoms. The summed E-state index contributed by atoms with van der Waals surface area (Å²) in [6, 6.07) is 0. The number of aromatic nitrogens is 2. The zero-order chi connectivity index (χ0) is 19.6. The molecule has 2 aromatic heterocycles. The lowest BCUT2D eigenvalue weighted by Gasteiger charge is -2.16. The van der Waals surface area contributed by atoms with Crippen LogP contribution in [0.15, 0.2) is 6.20 Å². The maximum absolute atomic E-state index is 12.6. The molecule has 1 aliphatic carbocycles. The minimum absolute atomic E-state index is 0.136. The van der Waals surface area contributed by atoms with E-state index in [0.29, 0.717) is 17.1 Å². The van der Waals surface area contributed by atoms with Crippen molar-refractivity contribution in [3.05, 3.63) is 33.5 Å². The number of nitrogens with one attached hydrogen (secondary N) is 1. The van der Waals surface area contributed by atoms with E-state index in [1.807, 2.05) is 32.1 Å². The van der Waals surface area contributed by atoms with Gasteiger partial charge in [0, 0.05) is 30.2 Å². The van der Waals surface area contributed by atoms with E-state index in [2.05, 4.69) is 10.4 Å². The molecule has 0 radical (unpaired) electrons. The van der Waals surface area contributed by atoms with Crippen LogP contribution in [0, 0.1) is 6.92 Å². The van der Waals surface area contributed by atoms with E-state index in [-0.39, 0.29) is 18.4 Å². The van der Waals surface area contributed by atoms with E-state index in [1.165, 1.54) is 23.3 Å². The number of rotatable bonds is 6. The van der Waals surface area contributed by atoms with Crippen molar-refractivity contribution in [3.63, 3.8) is 0 Å². The molecule has 0 spiro atoms. The van der Waals surface area contributed by atoms with Crippen molar-refractivity contribution in [1.29, 1.82) is 0 Å². The second-order valence-corrected chi connectivity index (χ2v) is 8.15. The number of anilines is 1. The third-order valence-electron chi connectivity index (χ3n) is 4.78. The highest BCUT2D eigenvalue weighted by atomic mass is 32.1. The summed E-state index contributed by atoms with van der Waals surface area (Å²) in [6.45, 7) is 2.83. The maximum Gasteiger partial charge on any atom is 0.341 e. The molecule has 2 aromatic rings. The Kier molecular flexibility index (Phi) is 5.96. The largest absolute Gasteiger partial charge is 0.465 e. The van der Waals surface area contributed by atoms with Crippen molar-refractivity contribution in [3.8, 4) is 0 Å². The zero-order valence-corrected chi connectivity index (χ0v) is 17.1. The standard InChI is InChI=1S/C19H26N4O3S/c1-12-13(10-23(3)21-12)9-22(2)11-16(24)20-18-17(19(25)26-4)14-7-5-6-8-15(14)27-18/h10H,5-9,11H2,1-4H3,(H,20,24). The van der Waals surface area contributed by atoms with Crippen LogP contribution in [0.2, 0.25) is 0 Å². The Morgan fingerprint density at radius 2 is 2.11 bits per heavy atom. The number of thiophene rings is 1. The molecule has 0 saturated carbocycles. The minimum atomic E-state index is -0.371. The van der Waals surface area contributed by atoms with Gasteiger partial charge in [0.05, 0.1) is 24.9 Å². The van der Waals surface area contributed by atoms with Crippen LogP contribution in [0.3, 0.4) is 0 Å². The molecule has 3 rings (SSSR count). The average Bonchev–Trinajstić information content (AvgIpc) is 3.12. The number of hydrogen-bond donors (Lipinski definition) is 1. The number of esters is 1. The fraction of sp³-hybridized carbons (Fsp3) is 0.526. The molecule has 146 valence electrons. The van der Waals surface area contributed by atoms with Gasteiger partial charge in [0.25, 0.3) is 0 Å². The first-order chi connectivity index (χ1) is 12.9. The highest BCUT2D eigenvalue weighted by Gasteiger charge is 2.27. The molecule has 0 aromatic carbocycles. The molecule has 0 fully saturated rings. The summed E-state index contributed by atoms with van der Waals surface area (Å²) in [7, 11) is 5.16. The number of aryl methyl sites for hydroxylation is 3. The Labute approximate surface area is 163 Å². The van der Waals surface area contributed by atoms with Crippen LogP contribution in [-0.4, -0.2) is 47.3 Å². The fourth-order valence-corrected chi connectivity index (χ4v) is 4.83. The Balaban J connectivity index is 1.69. The summed E-state index contributed by atoms with van der Waals surface area (Å²) in [5.74, 6) is -0.508. The van der Waals surface area contributed by atoms with E-state index in [0.717, 1.165) is 42.5 Å². The second-order valence-electron chi connectivity index (χ2n) is 7.04. The van der Waals surface area contributed by atoms with Crippen LogP contribution in [0.5, 0.6) is 0 Å². The van der Waals surface area contributed by atoms with Crippen molar-refractivity contribution in [2.75, 3.05) is 26.0 Å². The summed E-state index contributed by atoms with van der Waals surface area (Å²) in [6.07, 6.45) is 5.97. The van der Waals surface area contributed by atoms with Gasteiger partial charge in [-0.3, -0.25) is 14.4 Å². The Bertz CT molecular complexity index is 856. The molecule has 7 nitrogen and oxygen atoms in total. The van der Waals surface area contributed by atoms with E-state index in [4.69, 9.17) is 4.74 Å². The van der Waals surface area contributed by atoms with Crippen LogP contribution in [-0.2, 0) is 36.0 Å². The summed E-state index contributed by atoms with van der Waals surface area (Å²) in [5, 5.41) is 7.88. The quantitative estimate of drug-likeness (QED) is 0.767. The SMILES string of the molecule is COC(=O)c1c(NC(=O)CN(C)Cc2cn(C)nc2C)sc2c1CCCC2. The molecule has 8 heteroatoms. The van der Waals surface area contributed by atoms with Crippen molar-refractivity contribution in [1.82, 2.24) is 14.7 Å². The lowest BCUT2D eigenvalue weighted by atomic mass is 9.95. The van der Waals surface area contributed by atoms with Crippen LogP contribution < -0.4 is 5.32 Å². The first kappa shape index (κ1) is 19.6. The first-order valence-electron chi connectivity index (χ1n) is 9.09. The molecule has 2 heterocycles. The molecule has 0 bridgehead atoms. The van der Waals surface area contributed by atoms with Crippen molar-refractivity contribution < 1.29 is 14.3 Å². The molecular formula is C19H26N4O3S. The van der Waals surface area contributed by atoms with Gasteiger partial charge < -0.3 is 10.1 Å². The number of ether oxygens (including phenoxy) is 1. The van der Waals surface area contributed by atoms with Gasteiger partial charge in [0.1, 0.15) is 5.00 Å². The Morgan fingerprint density at radius 1 is 1.37 bits per heavy atom. The van der Waals surface area contributed by atoms with Crippen LogP contribution in [0.25, 0.3) is 0 Å². The number of nitrogens with zero attached hydrogens (tertiary/aromatic N) is 3. The highest BCUT2D eigenvalue weighted by molar-refractivity contribution is 7.17. The minimum Gasteiger partial charge on any atom is -0.465 e. The third-order valence-corrected chi connectivity index (χ3v) is 5.99. The zero-order valence-electron chi connectivity index (χ0n) is 16.3. The molecule has 0 atom stereocenters. The predicted octanol–water partition coefficient (Wildman–Crippen LogP) is 2.53. The summed E-state index contributed by atoms with van der Waals surface area (Å²) in [4.78, 5) is 28.0. The van der Waals surface area contributed by atoms with E-state index < -0.39 is 0 Å². The average molecular weight is 391 g/mol. The molecule has 0 unspecified atom stereocenters. The number of fused-ring (bicyclic) bond motifs is 1. The van der Waals surface area contributed by atoms with Crippen LogP contribution in [0.4, 0.5) is 5.00 Å². The topological polar surface area (TPSA) is 76.5 Å². The van der Waals surface area contributed by atoms with Gasteiger partial charge in [-0.15, -0.1) is 11.3 Å². The Hall–Kier alpha value is -2.19. The summed E-state index contributed by atoms with van der Waals surface area (Å²) >= 11 is 1.51. The fourth-order valence-electron chi connectivity index (χ4n) is 3.53. The lowest BCUT2D eigenvalue weighted by molar-refractivity contribution is -0.117. The molecule has 0 saturated heterocycles. The number of amides is 1. The molecular weight excluding hydrogens is 364 g/mol. The molecule has 1 amide bonds. The van der Waals surface area contributed by atoms with Gasteiger partial charge in [0.2, 0.25) is 5.91 Å². The van der Waals surface area contributed by atoms with E-state index >= 15 is 0 Å². The van der Waals surface area contributed by atoms with Gasteiger partial charge in [-0.2, -0.15) is 5.10 Å². The number of likely N-dealkylation sites (N-methyl/N-ethyl adjacent to an activating group) is 1. The summed E-state index contributed by atoms with van der Waals surface area (Å²) < 4.78 is 6.73. The monoisotopic (exact) mass is 390 g/mol. The number of carbonyl (C=O) groups excluding carboxylic acids is 2. The van der Waals surface area contributed by atoms with Crippen LogP contribution in [0.1, 0.15) is 44.9 Å². The van der Waals surface area contributed by atoms with Crippen molar-refractivity contribution in [2.24, 2.45) is 7.05 Å². The highest BCUT2D eigenvalue weighted by Crippen LogP contribution is 2.38. The summed E-state index contributed by atoms with van der Waals surface area (Å²) in [5.41, 5.74) is 3.64. The Morgan fingerprint density at radius 3 is 2.78 bits per heavy atom. The van der Waals surface area contributed by atoms with Crippen molar-refractivity contribution in [2.45, 2.75) is 39.2 Å². The third kappa shape index (κ3) is 4.39.